The highest BCUT2D eigenvalue weighted by atomic mass is 16.5. The van der Waals surface area contributed by atoms with Crippen molar-refractivity contribution >= 4 is 0 Å². The van der Waals surface area contributed by atoms with Crippen molar-refractivity contribution in [1.82, 2.24) is 0 Å². The molecule has 0 aliphatic rings. The number of nitrogens with zero attached hydrogens (tertiary/aromatic N) is 1. The first kappa shape index (κ1) is 14.7. The number of aryl methyl sites for hydroxylation is 1. The van der Waals surface area contributed by atoms with E-state index in [0.717, 1.165) is 11.3 Å². The van der Waals surface area contributed by atoms with Crippen LogP contribution >= 0.6 is 0 Å². The van der Waals surface area contributed by atoms with E-state index in [0.29, 0.717) is 30.3 Å². The molecule has 0 unspecified atom stereocenters. The molecule has 0 amide bonds. The summed E-state index contributed by atoms with van der Waals surface area (Å²) in [4.78, 5) is 0. The number of methoxy groups -OCH3 is 1. The number of hydrogen-bond donors (Lipinski definition) is 0. The van der Waals surface area contributed by atoms with Crippen molar-refractivity contribution in [2.24, 2.45) is 0 Å². The van der Waals surface area contributed by atoms with E-state index >= 15 is 0 Å². The van der Waals surface area contributed by atoms with Gasteiger partial charge in [-0.3, -0.25) is 0 Å². The van der Waals surface area contributed by atoms with Crippen LogP contribution in [-0.4, -0.2) is 20.3 Å². The average molecular weight is 283 g/mol. The molecular formula is C17H17NO3. The van der Waals surface area contributed by atoms with E-state index in [-0.39, 0.29) is 0 Å². The zero-order valence-corrected chi connectivity index (χ0v) is 12.1. The fourth-order valence-corrected chi connectivity index (χ4v) is 1.86. The van der Waals surface area contributed by atoms with E-state index in [1.54, 1.807) is 25.3 Å². The van der Waals surface area contributed by atoms with Crippen LogP contribution in [0.25, 0.3) is 0 Å². The maximum atomic E-state index is 9.05. The van der Waals surface area contributed by atoms with E-state index in [1.807, 2.05) is 31.2 Å². The standard InChI is InChI=1S/C17H17NO3/c1-13-5-3-4-6-16(13)20-9-10-21-17-11-15(19-2)8-7-14(17)12-18/h3-8,11H,9-10H2,1-2H3. The molecule has 0 atom stereocenters. The second-order valence-electron chi connectivity index (χ2n) is 4.44. The first-order chi connectivity index (χ1) is 10.2. The lowest BCUT2D eigenvalue weighted by Gasteiger charge is -2.11. The smallest absolute Gasteiger partial charge is 0.140 e. The Hall–Kier alpha value is -2.67. The van der Waals surface area contributed by atoms with Crippen LogP contribution in [0.15, 0.2) is 42.5 Å². The van der Waals surface area contributed by atoms with Crippen LogP contribution in [0.2, 0.25) is 0 Å². The molecular weight excluding hydrogens is 266 g/mol. The summed E-state index contributed by atoms with van der Waals surface area (Å²) in [5, 5.41) is 9.05. The number of rotatable bonds is 6. The Morgan fingerprint density at radius 2 is 1.71 bits per heavy atom. The maximum Gasteiger partial charge on any atom is 0.140 e. The van der Waals surface area contributed by atoms with Gasteiger partial charge in [0.15, 0.2) is 0 Å². The summed E-state index contributed by atoms with van der Waals surface area (Å²) in [5.41, 5.74) is 1.56. The van der Waals surface area contributed by atoms with Gasteiger partial charge in [0.1, 0.15) is 36.5 Å². The summed E-state index contributed by atoms with van der Waals surface area (Å²) in [7, 11) is 1.58. The molecule has 0 radical (unpaired) electrons. The minimum absolute atomic E-state index is 0.357. The van der Waals surface area contributed by atoms with Gasteiger partial charge >= 0.3 is 0 Å². The molecule has 2 aromatic carbocycles. The molecule has 0 saturated carbocycles. The van der Waals surface area contributed by atoms with Gasteiger partial charge in [0, 0.05) is 6.07 Å². The van der Waals surface area contributed by atoms with Crippen molar-refractivity contribution in [3.05, 3.63) is 53.6 Å². The van der Waals surface area contributed by atoms with Gasteiger partial charge in [0.05, 0.1) is 12.7 Å². The first-order valence-corrected chi connectivity index (χ1v) is 6.64. The molecule has 0 spiro atoms. The van der Waals surface area contributed by atoms with Gasteiger partial charge in [-0.05, 0) is 30.7 Å². The van der Waals surface area contributed by atoms with Crippen LogP contribution in [0.5, 0.6) is 17.2 Å². The minimum atomic E-state index is 0.357. The lowest BCUT2D eigenvalue weighted by Crippen LogP contribution is -2.10. The normalized spacial score (nSPS) is 9.76. The Kier molecular flexibility index (Phi) is 5.05. The second kappa shape index (κ2) is 7.20. The Morgan fingerprint density at radius 3 is 2.38 bits per heavy atom. The highest BCUT2D eigenvalue weighted by Crippen LogP contribution is 2.24. The molecule has 0 bridgehead atoms. The fraction of sp³-hybridized carbons (Fsp3) is 0.235. The van der Waals surface area contributed by atoms with Crippen molar-refractivity contribution in [2.45, 2.75) is 6.92 Å². The fourth-order valence-electron chi connectivity index (χ4n) is 1.86. The van der Waals surface area contributed by atoms with Crippen LogP contribution in [0.3, 0.4) is 0 Å². The van der Waals surface area contributed by atoms with E-state index in [2.05, 4.69) is 6.07 Å². The van der Waals surface area contributed by atoms with Gasteiger partial charge in [-0.1, -0.05) is 18.2 Å². The van der Waals surface area contributed by atoms with Gasteiger partial charge in [0.2, 0.25) is 0 Å². The van der Waals surface area contributed by atoms with E-state index in [1.165, 1.54) is 0 Å². The molecule has 4 heteroatoms. The summed E-state index contributed by atoms with van der Waals surface area (Å²) in [5.74, 6) is 2.00. The van der Waals surface area contributed by atoms with Crippen LogP contribution in [-0.2, 0) is 0 Å². The molecule has 21 heavy (non-hydrogen) atoms. The predicted molar refractivity (Wildman–Crippen MR) is 79.9 cm³/mol. The molecule has 108 valence electrons. The van der Waals surface area contributed by atoms with Crippen molar-refractivity contribution in [3.8, 4) is 23.3 Å². The summed E-state index contributed by atoms with van der Waals surface area (Å²) in [6.07, 6.45) is 0. The van der Waals surface area contributed by atoms with Crippen molar-refractivity contribution in [1.29, 1.82) is 5.26 Å². The van der Waals surface area contributed by atoms with Gasteiger partial charge < -0.3 is 14.2 Å². The Morgan fingerprint density at radius 1 is 1.00 bits per heavy atom. The monoisotopic (exact) mass is 283 g/mol. The van der Waals surface area contributed by atoms with Crippen LogP contribution in [0, 0.1) is 18.3 Å². The third-order valence-corrected chi connectivity index (χ3v) is 3.00. The van der Waals surface area contributed by atoms with Crippen molar-refractivity contribution in [3.63, 3.8) is 0 Å². The van der Waals surface area contributed by atoms with Crippen LogP contribution < -0.4 is 14.2 Å². The van der Waals surface area contributed by atoms with Gasteiger partial charge in [-0.25, -0.2) is 0 Å². The van der Waals surface area contributed by atoms with Crippen molar-refractivity contribution in [2.75, 3.05) is 20.3 Å². The summed E-state index contributed by atoms with van der Waals surface area (Å²) in [6, 6.07) is 15.0. The maximum absolute atomic E-state index is 9.05. The number of nitriles is 1. The van der Waals surface area contributed by atoms with Crippen LogP contribution in [0.1, 0.15) is 11.1 Å². The lowest BCUT2D eigenvalue weighted by molar-refractivity contribution is 0.215. The summed E-state index contributed by atoms with van der Waals surface area (Å²) in [6.45, 7) is 2.76. The lowest BCUT2D eigenvalue weighted by atomic mass is 10.2. The molecule has 0 aromatic heterocycles. The van der Waals surface area contributed by atoms with Gasteiger partial charge in [0.25, 0.3) is 0 Å². The number of para-hydroxylation sites is 1. The molecule has 4 nitrogen and oxygen atoms in total. The minimum Gasteiger partial charge on any atom is -0.497 e. The largest absolute Gasteiger partial charge is 0.497 e. The third kappa shape index (κ3) is 3.90. The molecule has 0 N–H and O–H groups in total. The second-order valence-corrected chi connectivity index (χ2v) is 4.44. The zero-order chi connectivity index (χ0) is 15.1. The Balaban J connectivity index is 1.92. The topological polar surface area (TPSA) is 51.5 Å². The van der Waals surface area contributed by atoms with E-state index in [9.17, 15) is 0 Å². The van der Waals surface area contributed by atoms with E-state index in [4.69, 9.17) is 19.5 Å². The summed E-state index contributed by atoms with van der Waals surface area (Å²) >= 11 is 0. The number of hydrogen-bond acceptors (Lipinski definition) is 4. The predicted octanol–water partition coefficient (Wildman–Crippen LogP) is 3.33. The number of benzene rings is 2. The molecule has 2 rings (SSSR count). The van der Waals surface area contributed by atoms with E-state index < -0.39 is 0 Å². The SMILES string of the molecule is COc1ccc(C#N)c(OCCOc2ccccc2C)c1. The molecule has 0 heterocycles. The van der Waals surface area contributed by atoms with Gasteiger partial charge in [-0.15, -0.1) is 0 Å². The molecule has 0 aliphatic heterocycles. The quantitative estimate of drug-likeness (QED) is 0.763. The Bertz CT molecular complexity index is 647. The molecule has 0 fully saturated rings. The zero-order valence-electron chi connectivity index (χ0n) is 12.1. The highest BCUT2D eigenvalue weighted by Gasteiger charge is 2.05. The molecule has 0 aliphatic carbocycles. The third-order valence-electron chi connectivity index (χ3n) is 3.00. The average Bonchev–Trinajstić information content (AvgIpc) is 2.52. The van der Waals surface area contributed by atoms with Crippen molar-refractivity contribution < 1.29 is 14.2 Å². The van der Waals surface area contributed by atoms with Crippen LogP contribution in [0.4, 0.5) is 0 Å². The highest BCUT2D eigenvalue weighted by molar-refractivity contribution is 5.47. The Labute approximate surface area is 124 Å². The number of ether oxygens (including phenoxy) is 3. The summed E-state index contributed by atoms with van der Waals surface area (Å²) < 4.78 is 16.4. The first-order valence-electron chi connectivity index (χ1n) is 6.64. The molecule has 2 aromatic rings. The van der Waals surface area contributed by atoms with Gasteiger partial charge in [-0.2, -0.15) is 5.26 Å². The molecule has 0 saturated heterocycles.